The highest BCUT2D eigenvalue weighted by Gasteiger charge is 2.24. The van der Waals surface area contributed by atoms with Crippen molar-refractivity contribution in [3.63, 3.8) is 0 Å². The molecule has 6 nitrogen and oxygen atoms in total. The van der Waals surface area contributed by atoms with Gasteiger partial charge in [-0.25, -0.2) is 9.97 Å². The van der Waals surface area contributed by atoms with Crippen LogP contribution in [-0.2, 0) is 0 Å². The molecule has 0 saturated heterocycles. The van der Waals surface area contributed by atoms with Crippen LogP contribution in [0.5, 0.6) is 5.88 Å². The number of nitrogens with one attached hydrogen (secondary N) is 2. The minimum absolute atomic E-state index is 0.164. The highest BCUT2D eigenvalue weighted by atomic mass is 16.5. The fourth-order valence-electron chi connectivity index (χ4n) is 2.70. The van der Waals surface area contributed by atoms with E-state index in [4.69, 9.17) is 4.74 Å². The maximum Gasteiger partial charge on any atom is 0.257 e. The molecule has 2 aromatic heterocycles. The van der Waals surface area contributed by atoms with E-state index in [9.17, 15) is 4.79 Å². The van der Waals surface area contributed by atoms with Crippen LogP contribution in [0.15, 0.2) is 42.6 Å². The summed E-state index contributed by atoms with van der Waals surface area (Å²) in [5, 5.41) is 3.06. The Hall–Kier alpha value is -2.89. The van der Waals surface area contributed by atoms with Gasteiger partial charge in [0.25, 0.3) is 5.91 Å². The number of rotatable bonds is 6. The summed E-state index contributed by atoms with van der Waals surface area (Å²) in [6, 6.07) is 11.0. The number of aromatic nitrogens is 3. The van der Waals surface area contributed by atoms with Gasteiger partial charge in [-0.05, 0) is 37.1 Å². The number of carbonyl (C=O) groups is 1. The Kier molecular flexibility index (Phi) is 4.97. The fourth-order valence-corrected chi connectivity index (χ4v) is 2.70. The molecule has 0 spiro atoms. The second-order valence-electron chi connectivity index (χ2n) is 6.12. The standard InChI is InChI=1S/C19H22N4O2/c1-4-25-19-13(8-7-11-20-19)18(24)23-16(12(2)3)17-21-14-9-5-6-10-15(14)22-17/h5-12,16H,4H2,1-3H3,(H,21,22)(H,23,24)/t16-/m1/s1. The zero-order valence-corrected chi connectivity index (χ0v) is 14.6. The Bertz CT molecular complexity index is 839. The largest absolute Gasteiger partial charge is 0.477 e. The summed E-state index contributed by atoms with van der Waals surface area (Å²) in [7, 11) is 0. The van der Waals surface area contributed by atoms with Crippen LogP contribution >= 0.6 is 0 Å². The van der Waals surface area contributed by atoms with Gasteiger partial charge in [-0.1, -0.05) is 26.0 Å². The van der Waals surface area contributed by atoms with Crippen molar-refractivity contribution in [1.29, 1.82) is 0 Å². The molecular formula is C19H22N4O2. The Morgan fingerprint density at radius 1 is 1.24 bits per heavy atom. The average molecular weight is 338 g/mol. The summed E-state index contributed by atoms with van der Waals surface area (Å²) in [5.74, 6) is 1.02. The number of benzene rings is 1. The molecular weight excluding hydrogens is 316 g/mol. The molecule has 1 aromatic carbocycles. The second-order valence-corrected chi connectivity index (χ2v) is 6.12. The number of aromatic amines is 1. The van der Waals surface area contributed by atoms with Gasteiger partial charge in [0.15, 0.2) is 0 Å². The number of carbonyl (C=O) groups excluding carboxylic acids is 1. The lowest BCUT2D eigenvalue weighted by Gasteiger charge is -2.21. The molecule has 6 heteroatoms. The zero-order chi connectivity index (χ0) is 17.8. The maximum absolute atomic E-state index is 12.8. The van der Waals surface area contributed by atoms with Crippen molar-refractivity contribution in [1.82, 2.24) is 20.3 Å². The summed E-state index contributed by atoms with van der Waals surface area (Å²) in [4.78, 5) is 24.8. The normalized spacial score (nSPS) is 12.3. The van der Waals surface area contributed by atoms with Crippen molar-refractivity contribution in [2.24, 2.45) is 5.92 Å². The predicted octanol–water partition coefficient (Wildman–Crippen LogP) is 3.48. The topological polar surface area (TPSA) is 79.9 Å². The first-order valence-corrected chi connectivity index (χ1v) is 8.43. The lowest BCUT2D eigenvalue weighted by atomic mass is 10.0. The lowest BCUT2D eigenvalue weighted by Crippen LogP contribution is -2.33. The summed E-state index contributed by atoms with van der Waals surface area (Å²) < 4.78 is 5.46. The Balaban J connectivity index is 1.88. The van der Waals surface area contributed by atoms with Gasteiger partial charge in [0.2, 0.25) is 5.88 Å². The number of pyridine rings is 1. The summed E-state index contributed by atoms with van der Waals surface area (Å²) in [6.45, 7) is 6.41. The van der Waals surface area contributed by atoms with Crippen molar-refractivity contribution >= 4 is 16.9 Å². The molecule has 0 saturated carbocycles. The molecule has 1 atom stereocenters. The first-order chi connectivity index (χ1) is 12.1. The van der Waals surface area contributed by atoms with E-state index in [1.807, 2.05) is 45.0 Å². The van der Waals surface area contributed by atoms with Crippen molar-refractivity contribution in [2.75, 3.05) is 6.61 Å². The van der Waals surface area contributed by atoms with Gasteiger partial charge in [0.1, 0.15) is 11.4 Å². The van der Waals surface area contributed by atoms with Gasteiger partial charge < -0.3 is 15.0 Å². The third-order valence-electron chi connectivity index (χ3n) is 3.95. The lowest BCUT2D eigenvalue weighted by molar-refractivity contribution is 0.0918. The third-order valence-corrected chi connectivity index (χ3v) is 3.95. The second kappa shape index (κ2) is 7.34. The molecule has 2 heterocycles. The van der Waals surface area contributed by atoms with Crippen LogP contribution in [0.3, 0.4) is 0 Å². The molecule has 130 valence electrons. The van der Waals surface area contributed by atoms with Gasteiger partial charge in [0.05, 0.1) is 23.7 Å². The number of amides is 1. The number of imidazole rings is 1. The zero-order valence-electron chi connectivity index (χ0n) is 14.6. The number of ether oxygens (including phenoxy) is 1. The highest BCUT2D eigenvalue weighted by molar-refractivity contribution is 5.96. The van der Waals surface area contributed by atoms with E-state index in [0.29, 0.717) is 18.1 Å². The summed E-state index contributed by atoms with van der Waals surface area (Å²) in [6.07, 6.45) is 1.61. The van der Waals surface area contributed by atoms with Gasteiger partial charge in [0, 0.05) is 6.20 Å². The van der Waals surface area contributed by atoms with E-state index in [2.05, 4.69) is 20.3 Å². The van der Waals surface area contributed by atoms with Crippen molar-refractivity contribution in [2.45, 2.75) is 26.8 Å². The van der Waals surface area contributed by atoms with Crippen LogP contribution in [-0.4, -0.2) is 27.5 Å². The number of hydrogen-bond donors (Lipinski definition) is 2. The van der Waals surface area contributed by atoms with Crippen LogP contribution in [0.4, 0.5) is 0 Å². The molecule has 0 aliphatic heterocycles. The first-order valence-electron chi connectivity index (χ1n) is 8.43. The SMILES string of the molecule is CCOc1ncccc1C(=O)N[C@@H](c1nc2ccccc2[nH]1)C(C)C. The molecule has 1 amide bonds. The molecule has 0 aliphatic rings. The number of H-pyrrole nitrogens is 1. The van der Waals surface area contributed by atoms with E-state index in [0.717, 1.165) is 16.9 Å². The summed E-state index contributed by atoms with van der Waals surface area (Å²) in [5.41, 5.74) is 2.26. The molecule has 25 heavy (non-hydrogen) atoms. The van der Waals surface area contributed by atoms with E-state index in [-0.39, 0.29) is 17.9 Å². The Labute approximate surface area is 146 Å². The van der Waals surface area contributed by atoms with Crippen LogP contribution in [0, 0.1) is 5.92 Å². The first kappa shape index (κ1) is 17.0. The third kappa shape index (κ3) is 3.63. The number of nitrogens with zero attached hydrogens (tertiary/aromatic N) is 2. The van der Waals surface area contributed by atoms with Crippen LogP contribution in [0.1, 0.15) is 43.0 Å². The quantitative estimate of drug-likeness (QED) is 0.721. The fraction of sp³-hybridized carbons (Fsp3) is 0.316. The monoisotopic (exact) mass is 338 g/mol. The van der Waals surface area contributed by atoms with E-state index >= 15 is 0 Å². The van der Waals surface area contributed by atoms with Crippen LogP contribution in [0.25, 0.3) is 11.0 Å². The number of para-hydroxylation sites is 2. The Morgan fingerprint density at radius 2 is 2.04 bits per heavy atom. The predicted molar refractivity (Wildman–Crippen MR) is 96.5 cm³/mol. The highest BCUT2D eigenvalue weighted by Crippen LogP contribution is 2.24. The Morgan fingerprint density at radius 3 is 2.76 bits per heavy atom. The minimum Gasteiger partial charge on any atom is -0.477 e. The molecule has 0 fully saturated rings. The molecule has 0 radical (unpaired) electrons. The van der Waals surface area contributed by atoms with Crippen LogP contribution < -0.4 is 10.1 Å². The molecule has 3 rings (SSSR count). The molecule has 0 bridgehead atoms. The van der Waals surface area contributed by atoms with E-state index in [1.54, 1.807) is 18.3 Å². The number of fused-ring (bicyclic) bond motifs is 1. The van der Waals surface area contributed by atoms with Gasteiger partial charge in [-0.2, -0.15) is 0 Å². The number of hydrogen-bond acceptors (Lipinski definition) is 4. The van der Waals surface area contributed by atoms with Crippen molar-refractivity contribution < 1.29 is 9.53 Å². The van der Waals surface area contributed by atoms with Gasteiger partial charge >= 0.3 is 0 Å². The molecule has 0 unspecified atom stereocenters. The van der Waals surface area contributed by atoms with Gasteiger partial charge in [-0.15, -0.1) is 0 Å². The maximum atomic E-state index is 12.8. The van der Waals surface area contributed by atoms with E-state index < -0.39 is 0 Å². The smallest absolute Gasteiger partial charge is 0.257 e. The average Bonchev–Trinajstić information content (AvgIpc) is 3.03. The van der Waals surface area contributed by atoms with E-state index in [1.165, 1.54) is 0 Å². The van der Waals surface area contributed by atoms with Crippen molar-refractivity contribution in [3.05, 3.63) is 54.0 Å². The summed E-state index contributed by atoms with van der Waals surface area (Å²) >= 11 is 0. The minimum atomic E-state index is -0.241. The van der Waals surface area contributed by atoms with Gasteiger partial charge in [-0.3, -0.25) is 4.79 Å². The van der Waals surface area contributed by atoms with Crippen molar-refractivity contribution in [3.8, 4) is 5.88 Å². The molecule has 3 aromatic rings. The molecule has 2 N–H and O–H groups in total. The molecule has 0 aliphatic carbocycles. The van der Waals surface area contributed by atoms with Crippen LogP contribution in [0.2, 0.25) is 0 Å².